The molecule has 1 heterocycles. The summed E-state index contributed by atoms with van der Waals surface area (Å²) < 4.78 is 17.8. The number of carbonyl (C=O) groups is 1. The van der Waals surface area contributed by atoms with Crippen LogP contribution in [0.3, 0.4) is 0 Å². The van der Waals surface area contributed by atoms with Gasteiger partial charge in [-0.2, -0.15) is 0 Å². The van der Waals surface area contributed by atoms with Crippen LogP contribution in [0.4, 0.5) is 0 Å². The molecule has 2 aromatic carbocycles. The fourth-order valence-corrected chi connectivity index (χ4v) is 5.97. The van der Waals surface area contributed by atoms with Crippen molar-refractivity contribution in [2.45, 2.75) is 39.2 Å². The molecule has 1 saturated heterocycles. The van der Waals surface area contributed by atoms with E-state index in [0.29, 0.717) is 13.2 Å². The molecule has 1 aliphatic heterocycles. The Morgan fingerprint density at radius 2 is 1.58 bits per heavy atom. The van der Waals surface area contributed by atoms with Gasteiger partial charge in [-0.1, -0.05) is 79.2 Å². The van der Waals surface area contributed by atoms with Crippen LogP contribution in [0.15, 0.2) is 72.3 Å². The Labute approximate surface area is 197 Å². The van der Waals surface area contributed by atoms with Crippen LogP contribution in [-0.2, 0) is 32.0 Å². The van der Waals surface area contributed by atoms with Gasteiger partial charge >= 0.3 is 0 Å². The maximum Gasteiger partial charge on any atom is 0.232 e. The first kappa shape index (κ1) is 23.7. The van der Waals surface area contributed by atoms with Gasteiger partial charge in [0.05, 0.1) is 13.2 Å². The molecule has 2 aliphatic rings. The largest absolute Gasteiger partial charge is 0.376 e. The summed E-state index contributed by atoms with van der Waals surface area (Å²) in [7, 11) is 3.24. The minimum atomic E-state index is -0.863. The number of nitrogens with one attached hydrogen (secondary N) is 1. The third-order valence-electron chi connectivity index (χ3n) is 7.55. The van der Waals surface area contributed by atoms with Crippen LogP contribution in [0.25, 0.3) is 0 Å². The Morgan fingerprint density at radius 3 is 2.18 bits per heavy atom. The van der Waals surface area contributed by atoms with Gasteiger partial charge in [0.2, 0.25) is 5.91 Å². The molecule has 33 heavy (non-hydrogen) atoms. The molecule has 0 spiro atoms. The zero-order valence-electron chi connectivity index (χ0n) is 20.0. The lowest BCUT2D eigenvalue weighted by Gasteiger charge is -2.49. The Bertz CT molecular complexity index is 956. The second-order valence-electron chi connectivity index (χ2n) is 9.34. The summed E-state index contributed by atoms with van der Waals surface area (Å²) in [4.78, 5) is 13.8. The molecule has 176 valence electrons. The molecule has 1 aliphatic carbocycles. The molecule has 4 rings (SSSR count). The summed E-state index contributed by atoms with van der Waals surface area (Å²) in [5.74, 6) is 0.0559. The highest BCUT2D eigenvalue weighted by atomic mass is 16.7. The standard InChI is InChI=1S/C28H35NO4/c1-19-15-23(18-33-17-22-13-9-6-10-14-22)28(27(31-3)32-4)25(20(19)2)24(29-26(28)30)16-21-11-7-5-8-12-21/h5-15,20,23-25,27H,16-18H2,1-4H3,(H,29,30)/t20-,23-,24+,25+,28+/m1/s1. The molecule has 1 N–H and O–H groups in total. The minimum absolute atomic E-state index is 0.00829. The Balaban J connectivity index is 1.67. The van der Waals surface area contributed by atoms with Gasteiger partial charge in [-0.3, -0.25) is 4.79 Å². The van der Waals surface area contributed by atoms with E-state index in [1.54, 1.807) is 14.2 Å². The first-order chi connectivity index (χ1) is 16.0. The van der Waals surface area contributed by atoms with Crippen molar-refractivity contribution in [1.29, 1.82) is 0 Å². The van der Waals surface area contributed by atoms with Crippen molar-refractivity contribution in [3.63, 3.8) is 0 Å². The molecule has 1 fully saturated rings. The molecule has 0 radical (unpaired) electrons. The number of rotatable bonds is 9. The first-order valence-corrected chi connectivity index (χ1v) is 11.7. The van der Waals surface area contributed by atoms with Crippen molar-refractivity contribution < 1.29 is 19.0 Å². The highest BCUT2D eigenvalue weighted by molar-refractivity contribution is 5.88. The molecule has 1 amide bonds. The second kappa shape index (κ2) is 10.2. The lowest BCUT2D eigenvalue weighted by molar-refractivity contribution is -0.213. The van der Waals surface area contributed by atoms with E-state index in [4.69, 9.17) is 14.2 Å². The van der Waals surface area contributed by atoms with E-state index in [0.717, 1.165) is 12.0 Å². The van der Waals surface area contributed by atoms with E-state index in [1.807, 2.05) is 48.5 Å². The van der Waals surface area contributed by atoms with Gasteiger partial charge in [0.15, 0.2) is 6.29 Å². The predicted molar refractivity (Wildman–Crippen MR) is 128 cm³/mol. The van der Waals surface area contributed by atoms with Gasteiger partial charge in [0, 0.05) is 32.1 Å². The van der Waals surface area contributed by atoms with Crippen LogP contribution in [0.2, 0.25) is 0 Å². The van der Waals surface area contributed by atoms with Gasteiger partial charge in [0.25, 0.3) is 0 Å². The number of amides is 1. The van der Waals surface area contributed by atoms with E-state index in [2.05, 4.69) is 37.4 Å². The molecule has 0 bridgehead atoms. The molecule has 0 aromatic heterocycles. The molecule has 5 heteroatoms. The number of hydrogen-bond acceptors (Lipinski definition) is 4. The summed E-state index contributed by atoms with van der Waals surface area (Å²) >= 11 is 0. The molecule has 0 unspecified atom stereocenters. The van der Waals surface area contributed by atoms with Crippen molar-refractivity contribution >= 4 is 5.91 Å². The first-order valence-electron chi connectivity index (χ1n) is 11.7. The van der Waals surface area contributed by atoms with Crippen molar-refractivity contribution in [3.05, 3.63) is 83.4 Å². The van der Waals surface area contributed by atoms with Gasteiger partial charge in [-0.05, 0) is 30.4 Å². The Morgan fingerprint density at radius 1 is 0.970 bits per heavy atom. The van der Waals surface area contributed by atoms with Crippen LogP contribution >= 0.6 is 0 Å². The molecular formula is C28H35NO4. The SMILES string of the molecule is COC(OC)[C@]12C(=O)N[C@@H](Cc3ccccc3)[C@@H]1[C@H](C)C(C)=C[C@@H]2COCc1ccccc1. The molecule has 5 atom stereocenters. The van der Waals surface area contributed by atoms with Crippen molar-refractivity contribution in [3.8, 4) is 0 Å². The predicted octanol–water partition coefficient (Wildman–Crippen LogP) is 4.38. The number of allylic oxidation sites excluding steroid dienone is 1. The van der Waals surface area contributed by atoms with E-state index in [1.165, 1.54) is 11.1 Å². The van der Waals surface area contributed by atoms with Gasteiger partial charge in [-0.25, -0.2) is 0 Å². The van der Waals surface area contributed by atoms with E-state index in [-0.39, 0.29) is 29.7 Å². The number of fused-ring (bicyclic) bond motifs is 1. The zero-order valence-corrected chi connectivity index (χ0v) is 20.0. The lowest BCUT2D eigenvalue weighted by atomic mass is 9.56. The van der Waals surface area contributed by atoms with Crippen molar-refractivity contribution in [2.24, 2.45) is 23.2 Å². The average Bonchev–Trinajstić information content (AvgIpc) is 3.12. The van der Waals surface area contributed by atoms with E-state index in [9.17, 15) is 4.79 Å². The fraction of sp³-hybridized carbons (Fsp3) is 0.464. The van der Waals surface area contributed by atoms with Crippen molar-refractivity contribution in [1.82, 2.24) is 5.32 Å². The van der Waals surface area contributed by atoms with Crippen LogP contribution in [0.5, 0.6) is 0 Å². The normalized spacial score (nSPS) is 29.0. The number of ether oxygens (including phenoxy) is 3. The highest BCUT2D eigenvalue weighted by Crippen LogP contribution is 2.55. The van der Waals surface area contributed by atoms with Gasteiger partial charge in [0.1, 0.15) is 5.41 Å². The van der Waals surface area contributed by atoms with E-state index < -0.39 is 11.7 Å². The number of benzene rings is 2. The van der Waals surface area contributed by atoms with Gasteiger partial charge < -0.3 is 19.5 Å². The van der Waals surface area contributed by atoms with Crippen molar-refractivity contribution in [2.75, 3.05) is 20.8 Å². The highest BCUT2D eigenvalue weighted by Gasteiger charge is 2.66. The van der Waals surface area contributed by atoms with Crippen LogP contribution < -0.4 is 5.32 Å². The van der Waals surface area contributed by atoms with Crippen LogP contribution in [0, 0.1) is 23.2 Å². The summed E-state index contributed by atoms with van der Waals surface area (Å²) in [6.07, 6.45) is 2.32. The molecule has 0 saturated carbocycles. The summed E-state index contributed by atoms with van der Waals surface area (Å²) in [5, 5.41) is 3.34. The number of carbonyl (C=O) groups excluding carboxylic acids is 1. The van der Waals surface area contributed by atoms with Gasteiger partial charge in [-0.15, -0.1) is 0 Å². The maximum absolute atomic E-state index is 13.8. The maximum atomic E-state index is 13.8. The fourth-order valence-electron chi connectivity index (χ4n) is 5.97. The quantitative estimate of drug-likeness (QED) is 0.456. The Kier molecular flexibility index (Phi) is 7.32. The van der Waals surface area contributed by atoms with Crippen LogP contribution in [0.1, 0.15) is 25.0 Å². The van der Waals surface area contributed by atoms with E-state index >= 15 is 0 Å². The lowest BCUT2D eigenvalue weighted by Crippen LogP contribution is -2.57. The topological polar surface area (TPSA) is 56.8 Å². The third kappa shape index (κ3) is 4.37. The second-order valence-corrected chi connectivity index (χ2v) is 9.34. The third-order valence-corrected chi connectivity index (χ3v) is 7.55. The minimum Gasteiger partial charge on any atom is -0.376 e. The monoisotopic (exact) mass is 449 g/mol. The Hall–Kier alpha value is -2.47. The molecular weight excluding hydrogens is 414 g/mol. The molecule has 2 aromatic rings. The molecule has 5 nitrogen and oxygen atoms in total. The summed E-state index contributed by atoms with van der Waals surface area (Å²) in [6, 6.07) is 20.4. The number of methoxy groups -OCH3 is 2. The summed E-state index contributed by atoms with van der Waals surface area (Å²) in [5.41, 5.74) is 2.74. The smallest absolute Gasteiger partial charge is 0.232 e. The zero-order chi connectivity index (χ0) is 23.4. The average molecular weight is 450 g/mol. The van der Waals surface area contributed by atoms with Crippen LogP contribution in [-0.4, -0.2) is 39.1 Å². The summed E-state index contributed by atoms with van der Waals surface area (Å²) in [6.45, 7) is 5.30. The number of hydrogen-bond donors (Lipinski definition) is 1.